The second-order valence-corrected chi connectivity index (χ2v) is 4.53. The van der Waals surface area contributed by atoms with Crippen molar-refractivity contribution < 1.29 is 4.42 Å². The van der Waals surface area contributed by atoms with Crippen molar-refractivity contribution in [3.8, 4) is 0 Å². The third-order valence-electron chi connectivity index (χ3n) is 2.56. The molecule has 0 amide bonds. The van der Waals surface area contributed by atoms with E-state index in [2.05, 4.69) is 27.8 Å². The number of aromatic nitrogens is 2. The average molecular weight is 281 g/mol. The van der Waals surface area contributed by atoms with E-state index in [0.29, 0.717) is 25.0 Å². The lowest BCUT2D eigenvalue weighted by Crippen LogP contribution is -2.13. The maximum absolute atomic E-state index is 6.06. The molecule has 0 spiro atoms. The zero-order valence-electron chi connectivity index (χ0n) is 10.8. The fraction of sp³-hybridized carbons (Fsp3) is 0.385. The molecule has 0 fully saturated rings. The molecule has 19 heavy (non-hydrogen) atoms. The molecule has 0 aliphatic rings. The average Bonchev–Trinajstić information content (AvgIpc) is 2.86. The number of hydrogen-bond donors (Lipinski definition) is 2. The largest absolute Gasteiger partial charge is 0.407 e. The van der Waals surface area contributed by atoms with Crippen molar-refractivity contribution in [2.45, 2.75) is 26.4 Å². The molecule has 0 aliphatic carbocycles. The lowest BCUT2D eigenvalue weighted by molar-refractivity contribution is 0.477. The van der Waals surface area contributed by atoms with Crippen LogP contribution < -0.4 is 10.6 Å². The summed E-state index contributed by atoms with van der Waals surface area (Å²) in [5.74, 6) is 0.579. The molecule has 2 N–H and O–H groups in total. The highest BCUT2D eigenvalue weighted by molar-refractivity contribution is 6.31. The molecule has 2 rings (SSSR count). The van der Waals surface area contributed by atoms with E-state index in [0.717, 1.165) is 23.6 Å². The topological polar surface area (TPSA) is 63.0 Å². The third kappa shape index (κ3) is 4.22. The zero-order valence-corrected chi connectivity index (χ0v) is 11.6. The first kappa shape index (κ1) is 13.8. The Morgan fingerprint density at radius 3 is 2.84 bits per heavy atom. The molecule has 0 saturated heterocycles. The minimum atomic E-state index is 0.410. The molecule has 2 aromatic rings. The Balaban J connectivity index is 1.85. The summed E-state index contributed by atoms with van der Waals surface area (Å²) in [6.07, 6.45) is 1.08. The van der Waals surface area contributed by atoms with Crippen LogP contribution in [0.25, 0.3) is 0 Å². The Morgan fingerprint density at radius 1 is 1.21 bits per heavy atom. The monoisotopic (exact) mass is 280 g/mol. The van der Waals surface area contributed by atoms with E-state index in [-0.39, 0.29) is 0 Å². The van der Waals surface area contributed by atoms with Crippen LogP contribution in [-0.2, 0) is 13.1 Å². The molecule has 0 bridgehead atoms. The summed E-state index contributed by atoms with van der Waals surface area (Å²) >= 11 is 6.06. The first-order valence-electron chi connectivity index (χ1n) is 6.30. The number of nitrogens with one attached hydrogen (secondary N) is 2. The van der Waals surface area contributed by atoms with Gasteiger partial charge >= 0.3 is 6.01 Å². The molecule has 1 heterocycles. The summed E-state index contributed by atoms with van der Waals surface area (Å²) in [7, 11) is 0. The Hall–Kier alpha value is -1.59. The van der Waals surface area contributed by atoms with Crippen LogP contribution in [0.2, 0.25) is 5.02 Å². The molecule has 0 radical (unpaired) electrons. The molecule has 0 saturated carbocycles. The van der Waals surface area contributed by atoms with Crippen LogP contribution >= 0.6 is 11.6 Å². The van der Waals surface area contributed by atoms with E-state index >= 15 is 0 Å². The van der Waals surface area contributed by atoms with Crippen molar-refractivity contribution in [1.82, 2.24) is 15.5 Å². The van der Waals surface area contributed by atoms with Crippen molar-refractivity contribution >= 4 is 17.6 Å². The van der Waals surface area contributed by atoms with Crippen molar-refractivity contribution in [1.29, 1.82) is 0 Å². The van der Waals surface area contributed by atoms with Crippen LogP contribution in [0.5, 0.6) is 0 Å². The fourth-order valence-electron chi connectivity index (χ4n) is 1.58. The molecule has 0 atom stereocenters. The van der Waals surface area contributed by atoms with Crippen LogP contribution in [0.1, 0.15) is 24.8 Å². The highest BCUT2D eigenvalue weighted by Gasteiger charge is 2.06. The number of rotatable bonds is 7. The second-order valence-electron chi connectivity index (χ2n) is 4.12. The zero-order chi connectivity index (χ0) is 13.5. The first-order chi connectivity index (χ1) is 9.29. The number of halogens is 1. The van der Waals surface area contributed by atoms with Crippen LogP contribution in [0.3, 0.4) is 0 Å². The van der Waals surface area contributed by atoms with E-state index in [1.54, 1.807) is 0 Å². The quantitative estimate of drug-likeness (QED) is 0.764. The van der Waals surface area contributed by atoms with Gasteiger partial charge in [0, 0.05) is 11.6 Å². The predicted octanol–water partition coefficient (Wildman–Crippen LogP) is 2.83. The van der Waals surface area contributed by atoms with Crippen LogP contribution in [0.4, 0.5) is 6.01 Å². The smallest absolute Gasteiger partial charge is 0.315 e. The Kier molecular flexibility index (Phi) is 5.18. The van der Waals surface area contributed by atoms with Crippen molar-refractivity contribution in [2.75, 3.05) is 11.9 Å². The standard InChI is InChI=1S/C13H17ClN4O/c1-2-7-15-9-12-17-18-13(19-12)16-8-10-5-3-4-6-11(10)14/h3-6,15H,2,7-9H2,1H3,(H,16,18). The van der Waals surface area contributed by atoms with Gasteiger partial charge in [-0.3, -0.25) is 0 Å². The number of hydrogen-bond acceptors (Lipinski definition) is 5. The molecule has 1 aromatic heterocycles. The van der Waals surface area contributed by atoms with Crippen molar-refractivity contribution in [3.05, 3.63) is 40.7 Å². The predicted molar refractivity (Wildman–Crippen MR) is 75.1 cm³/mol. The lowest BCUT2D eigenvalue weighted by atomic mass is 10.2. The molecule has 102 valence electrons. The van der Waals surface area contributed by atoms with E-state index < -0.39 is 0 Å². The lowest BCUT2D eigenvalue weighted by Gasteiger charge is -2.03. The van der Waals surface area contributed by atoms with Crippen LogP contribution in [0, 0.1) is 0 Å². The SMILES string of the molecule is CCCNCc1nnc(NCc2ccccc2Cl)o1. The first-order valence-corrected chi connectivity index (χ1v) is 6.67. The van der Waals surface area contributed by atoms with E-state index in [9.17, 15) is 0 Å². The number of benzene rings is 1. The Morgan fingerprint density at radius 2 is 2.05 bits per heavy atom. The molecule has 5 nitrogen and oxygen atoms in total. The third-order valence-corrected chi connectivity index (χ3v) is 2.93. The van der Waals surface area contributed by atoms with E-state index in [1.807, 2.05) is 24.3 Å². The highest BCUT2D eigenvalue weighted by atomic mass is 35.5. The van der Waals surface area contributed by atoms with Crippen molar-refractivity contribution in [2.24, 2.45) is 0 Å². The fourth-order valence-corrected chi connectivity index (χ4v) is 1.78. The summed E-state index contributed by atoms with van der Waals surface area (Å²) in [5.41, 5.74) is 0.994. The van der Waals surface area contributed by atoms with Crippen LogP contribution in [-0.4, -0.2) is 16.7 Å². The van der Waals surface area contributed by atoms with Gasteiger partial charge in [-0.25, -0.2) is 0 Å². The highest BCUT2D eigenvalue weighted by Crippen LogP contribution is 2.16. The molecular formula is C13H17ClN4O. The van der Waals surface area contributed by atoms with Crippen LogP contribution in [0.15, 0.2) is 28.7 Å². The summed E-state index contributed by atoms with van der Waals surface area (Å²) < 4.78 is 5.45. The van der Waals surface area contributed by atoms with E-state index in [4.69, 9.17) is 16.0 Å². The van der Waals surface area contributed by atoms with Gasteiger partial charge in [-0.1, -0.05) is 41.8 Å². The van der Waals surface area contributed by atoms with Gasteiger partial charge in [0.25, 0.3) is 0 Å². The number of anilines is 1. The molecule has 0 aliphatic heterocycles. The minimum Gasteiger partial charge on any atom is -0.407 e. The Labute approximate surface area is 117 Å². The van der Waals surface area contributed by atoms with E-state index in [1.165, 1.54) is 0 Å². The normalized spacial score (nSPS) is 10.6. The maximum atomic E-state index is 6.06. The maximum Gasteiger partial charge on any atom is 0.315 e. The van der Waals surface area contributed by atoms with Gasteiger partial charge in [-0.15, -0.1) is 5.10 Å². The Bertz CT molecular complexity index is 515. The van der Waals surface area contributed by atoms with Gasteiger partial charge in [0.2, 0.25) is 5.89 Å². The molecule has 0 unspecified atom stereocenters. The minimum absolute atomic E-state index is 0.410. The molecular weight excluding hydrogens is 264 g/mol. The summed E-state index contributed by atoms with van der Waals surface area (Å²) in [5, 5.41) is 14.9. The van der Waals surface area contributed by atoms with Gasteiger partial charge < -0.3 is 15.1 Å². The number of nitrogens with zero attached hydrogens (tertiary/aromatic N) is 2. The van der Waals surface area contributed by atoms with Gasteiger partial charge in [-0.2, -0.15) is 0 Å². The molecule has 6 heteroatoms. The summed E-state index contributed by atoms with van der Waals surface area (Å²) in [6.45, 7) is 4.19. The van der Waals surface area contributed by atoms with Gasteiger partial charge in [-0.05, 0) is 24.6 Å². The molecule has 1 aromatic carbocycles. The second kappa shape index (κ2) is 7.11. The van der Waals surface area contributed by atoms with Gasteiger partial charge in [0.1, 0.15) is 0 Å². The van der Waals surface area contributed by atoms with Gasteiger partial charge in [0.05, 0.1) is 6.54 Å². The van der Waals surface area contributed by atoms with Gasteiger partial charge in [0.15, 0.2) is 0 Å². The summed E-state index contributed by atoms with van der Waals surface area (Å²) in [6, 6.07) is 8.06. The summed E-state index contributed by atoms with van der Waals surface area (Å²) in [4.78, 5) is 0. The van der Waals surface area contributed by atoms with Crippen molar-refractivity contribution in [3.63, 3.8) is 0 Å².